The van der Waals surface area contributed by atoms with E-state index in [9.17, 15) is 4.79 Å². The molecule has 9 heteroatoms. The van der Waals surface area contributed by atoms with Crippen LogP contribution in [0.5, 0.6) is 23.0 Å². The van der Waals surface area contributed by atoms with Crippen LogP contribution in [0.3, 0.4) is 0 Å². The molecule has 0 saturated carbocycles. The molecule has 37 heavy (non-hydrogen) atoms. The summed E-state index contributed by atoms with van der Waals surface area (Å²) in [5.74, 6) is 2.51. The Balaban J connectivity index is 0.00000380. The van der Waals surface area contributed by atoms with Crippen LogP contribution < -0.4 is 19.1 Å². The van der Waals surface area contributed by atoms with E-state index in [0.29, 0.717) is 45.8 Å². The lowest BCUT2D eigenvalue weighted by Gasteiger charge is -2.25. The standard InChI is InChI=1S/C28H31N3O4S.ClH/c1-5-30(6-2)17-18-31(28-29-25-23(33-3)15-16-24(34-4)26(25)36-28)27(32)20-11-10-14-22(19-20)35-21-12-8-7-9-13-21;/h7-16,19H,5-6,17-18H2,1-4H3;1H. The number of rotatable bonds is 11. The third-order valence-electron chi connectivity index (χ3n) is 5.97. The molecule has 3 aromatic carbocycles. The number of hydrogen-bond acceptors (Lipinski definition) is 7. The molecule has 0 radical (unpaired) electrons. The van der Waals surface area contributed by atoms with E-state index in [2.05, 4.69) is 18.7 Å². The van der Waals surface area contributed by atoms with Crippen molar-refractivity contribution < 1.29 is 19.0 Å². The van der Waals surface area contributed by atoms with Crippen LogP contribution in [-0.4, -0.2) is 56.2 Å². The third kappa shape index (κ3) is 6.52. The quantitative estimate of drug-likeness (QED) is 0.215. The lowest BCUT2D eigenvalue weighted by Crippen LogP contribution is -2.38. The summed E-state index contributed by atoms with van der Waals surface area (Å²) in [7, 11) is 3.24. The topological polar surface area (TPSA) is 64.1 Å². The first-order valence-corrected chi connectivity index (χ1v) is 12.8. The first-order valence-electron chi connectivity index (χ1n) is 12.0. The molecule has 1 aromatic heterocycles. The maximum Gasteiger partial charge on any atom is 0.260 e. The summed E-state index contributed by atoms with van der Waals surface area (Å²) in [6.07, 6.45) is 0. The second-order valence-corrected chi connectivity index (χ2v) is 9.05. The van der Waals surface area contributed by atoms with Gasteiger partial charge < -0.3 is 19.1 Å². The molecule has 0 aliphatic carbocycles. The Morgan fingerprint density at radius 2 is 1.54 bits per heavy atom. The minimum absolute atomic E-state index is 0. The number of benzene rings is 3. The van der Waals surface area contributed by atoms with Crippen molar-refractivity contribution in [3.05, 3.63) is 72.3 Å². The highest BCUT2D eigenvalue weighted by Gasteiger charge is 2.24. The summed E-state index contributed by atoms with van der Waals surface area (Å²) < 4.78 is 17.9. The maximum absolute atomic E-state index is 13.9. The molecule has 0 aliphatic rings. The summed E-state index contributed by atoms with van der Waals surface area (Å²) in [4.78, 5) is 22.7. The maximum atomic E-state index is 13.9. The van der Waals surface area contributed by atoms with Gasteiger partial charge in [0.25, 0.3) is 5.91 Å². The number of amides is 1. The fourth-order valence-corrected chi connectivity index (χ4v) is 5.03. The predicted octanol–water partition coefficient (Wildman–Crippen LogP) is 6.52. The molecule has 4 rings (SSSR count). The zero-order chi connectivity index (χ0) is 25.5. The van der Waals surface area contributed by atoms with Crippen molar-refractivity contribution in [3.8, 4) is 23.0 Å². The summed E-state index contributed by atoms with van der Waals surface area (Å²) in [5.41, 5.74) is 1.21. The molecule has 0 bridgehead atoms. The van der Waals surface area contributed by atoms with Gasteiger partial charge in [-0.1, -0.05) is 49.4 Å². The number of carbonyl (C=O) groups is 1. The molecule has 0 spiro atoms. The predicted molar refractivity (Wildman–Crippen MR) is 152 cm³/mol. The van der Waals surface area contributed by atoms with Crippen LogP contribution in [0.1, 0.15) is 24.2 Å². The van der Waals surface area contributed by atoms with Crippen molar-refractivity contribution in [2.45, 2.75) is 13.8 Å². The van der Waals surface area contributed by atoms with Gasteiger partial charge in [0.2, 0.25) is 0 Å². The van der Waals surface area contributed by atoms with Crippen molar-refractivity contribution in [3.63, 3.8) is 0 Å². The van der Waals surface area contributed by atoms with Crippen LogP contribution >= 0.6 is 23.7 Å². The summed E-state index contributed by atoms with van der Waals surface area (Å²) in [6, 6.07) is 20.5. The SMILES string of the molecule is CCN(CC)CCN(C(=O)c1cccc(Oc2ccccc2)c1)c1nc2c(OC)ccc(OC)c2s1.Cl. The molecule has 7 nitrogen and oxygen atoms in total. The van der Waals surface area contributed by atoms with Crippen LogP contribution in [0.15, 0.2) is 66.7 Å². The van der Waals surface area contributed by atoms with Gasteiger partial charge in [0.15, 0.2) is 5.13 Å². The number of thiazole rings is 1. The Bertz CT molecular complexity index is 1270. The zero-order valence-corrected chi connectivity index (χ0v) is 23.1. The first kappa shape index (κ1) is 28.2. The van der Waals surface area contributed by atoms with E-state index in [1.807, 2.05) is 54.6 Å². The van der Waals surface area contributed by atoms with Crippen LogP contribution in [0.25, 0.3) is 10.2 Å². The van der Waals surface area contributed by atoms with Crippen molar-refractivity contribution >= 4 is 45.0 Å². The van der Waals surface area contributed by atoms with Crippen molar-refractivity contribution in [1.29, 1.82) is 0 Å². The van der Waals surface area contributed by atoms with E-state index in [1.54, 1.807) is 31.3 Å². The fraction of sp³-hybridized carbons (Fsp3) is 0.286. The molecule has 0 fully saturated rings. The van der Waals surface area contributed by atoms with Gasteiger partial charge in [0.1, 0.15) is 33.2 Å². The third-order valence-corrected chi connectivity index (χ3v) is 7.06. The molecular weight excluding hydrogens is 510 g/mol. The Morgan fingerprint density at radius 3 is 2.22 bits per heavy atom. The number of aromatic nitrogens is 1. The molecule has 0 aliphatic heterocycles. The van der Waals surface area contributed by atoms with E-state index in [1.165, 1.54) is 11.3 Å². The van der Waals surface area contributed by atoms with Crippen LogP contribution in [0.4, 0.5) is 5.13 Å². The minimum atomic E-state index is -0.141. The van der Waals surface area contributed by atoms with Gasteiger partial charge in [-0.15, -0.1) is 12.4 Å². The number of para-hydroxylation sites is 1. The number of carbonyl (C=O) groups excluding carboxylic acids is 1. The Morgan fingerprint density at radius 1 is 0.865 bits per heavy atom. The molecule has 0 saturated heterocycles. The Labute approximate surface area is 228 Å². The second-order valence-electron chi connectivity index (χ2n) is 8.07. The van der Waals surface area contributed by atoms with Gasteiger partial charge in [-0.05, 0) is 55.6 Å². The first-order chi connectivity index (χ1) is 17.6. The van der Waals surface area contributed by atoms with Gasteiger partial charge in [-0.2, -0.15) is 0 Å². The van der Waals surface area contributed by atoms with Gasteiger partial charge >= 0.3 is 0 Å². The average Bonchev–Trinajstić information content (AvgIpc) is 3.36. The monoisotopic (exact) mass is 541 g/mol. The molecule has 196 valence electrons. The van der Waals surface area contributed by atoms with E-state index in [4.69, 9.17) is 19.2 Å². The molecule has 0 N–H and O–H groups in total. The minimum Gasteiger partial charge on any atom is -0.495 e. The van der Waals surface area contributed by atoms with Gasteiger partial charge in [0, 0.05) is 18.7 Å². The molecule has 4 aromatic rings. The fourth-order valence-electron chi connectivity index (χ4n) is 3.93. The highest BCUT2D eigenvalue weighted by atomic mass is 35.5. The number of halogens is 1. The van der Waals surface area contributed by atoms with Crippen molar-refractivity contribution in [2.75, 3.05) is 45.3 Å². The molecule has 0 atom stereocenters. The average molecular weight is 542 g/mol. The Kier molecular flexibility index (Phi) is 10.1. The number of anilines is 1. The summed E-state index contributed by atoms with van der Waals surface area (Å²) >= 11 is 1.42. The highest BCUT2D eigenvalue weighted by Crippen LogP contribution is 2.40. The number of hydrogen-bond donors (Lipinski definition) is 0. The smallest absolute Gasteiger partial charge is 0.260 e. The molecule has 1 amide bonds. The van der Waals surface area contributed by atoms with Crippen LogP contribution in [0, 0.1) is 0 Å². The highest BCUT2D eigenvalue weighted by molar-refractivity contribution is 7.22. The van der Waals surface area contributed by atoms with E-state index in [0.717, 1.165) is 24.3 Å². The largest absolute Gasteiger partial charge is 0.495 e. The summed E-state index contributed by atoms with van der Waals surface area (Å²) in [6.45, 7) is 7.26. The lowest BCUT2D eigenvalue weighted by molar-refractivity contribution is 0.0983. The lowest BCUT2D eigenvalue weighted by atomic mass is 10.2. The van der Waals surface area contributed by atoms with Crippen LogP contribution in [0.2, 0.25) is 0 Å². The number of likely N-dealkylation sites (N-methyl/N-ethyl adjacent to an activating group) is 1. The van der Waals surface area contributed by atoms with Gasteiger partial charge in [-0.25, -0.2) is 4.98 Å². The van der Waals surface area contributed by atoms with E-state index in [-0.39, 0.29) is 18.3 Å². The number of fused-ring (bicyclic) bond motifs is 1. The van der Waals surface area contributed by atoms with Crippen LogP contribution in [-0.2, 0) is 0 Å². The number of nitrogens with zero attached hydrogens (tertiary/aromatic N) is 3. The molecular formula is C28H32ClN3O4S. The van der Waals surface area contributed by atoms with Crippen molar-refractivity contribution in [1.82, 2.24) is 9.88 Å². The van der Waals surface area contributed by atoms with E-state index >= 15 is 0 Å². The number of ether oxygens (including phenoxy) is 3. The van der Waals surface area contributed by atoms with Gasteiger partial charge in [0.05, 0.1) is 14.2 Å². The van der Waals surface area contributed by atoms with Crippen molar-refractivity contribution in [2.24, 2.45) is 0 Å². The van der Waals surface area contributed by atoms with Gasteiger partial charge in [-0.3, -0.25) is 9.69 Å². The summed E-state index contributed by atoms with van der Waals surface area (Å²) in [5, 5.41) is 0.597. The second kappa shape index (κ2) is 13.3. The number of methoxy groups -OCH3 is 2. The molecule has 1 heterocycles. The molecule has 0 unspecified atom stereocenters. The normalized spacial score (nSPS) is 10.7. The Hall–Kier alpha value is -3.33. The van der Waals surface area contributed by atoms with E-state index < -0.39 is 0 Å². The zero-order valence-electron chi connectivity index (χ0n) is 21.5.